The van der Waals surface area contributed by atoms with Crippen molar-refractivity contribution in [2.24, 2.45) is 0 Å². The van der Waals surface area contributed by atoms with E-state index in [1.807, 2.05) is 35.2 Å². The van der Waals surface area contributed by atoms with Crippen LogP contribution >= 0.6 is 0 Å². The molecule has 0 saturated carbocycles. The van der Waals surface area contributed by atoms with Crippen molar-refractivity contribution in [3.05, 3.63) is 89.0 Å². The van der Waals surface area contributed by atoms with Gasteiger partial charge in [-0.2, -0.15) is 0 Å². The highest BCUT2D eigenvalue weighted by molar-refractivity contribution is 6.05. The van der Waals surface area contributed by atoms with Gasteiger partial charge in [0, 0.05) is 5.69 Å². The highest BCUT2D eigenvalue weighted by Gasteiger charge is 2.51. The number of aryl methyl sites for hydroxylation is 3. The molecule has 0 spiro atoms. The molecule has 4 rings (SSSR count). The summed E-state index contributed by atoms with van der Waals surface area (Å²) >= 11 is 0. The van der Waals surface area contributed by atoms with Crippen LogP contribution in [0.4, 0.5) is 5.69 Å². The maximum atomic E-state index is 13.1. The summed E-state index contributed by atoms with van der Waals surface area (Å²) in [6.45, 7) is 6.20. The number of rotatable bonds is 5. The first-order chi connectivity index (χ1) is 14.0. The van der Waals surface area contributed by atoms with Gasteiger partial charge < -0.3 is 9.47 Å². The van der Waals surface area contributed by atoms with Crippen molar-refractivity contribution < 1.29 is 14.3 Å². The molecular formula is C25H25NO3. The van der Waals surface area contributed by atoms with Crippen LogP contribution in [0.5, 0.6) is 11.5 Å². The smallest absolute Gasteiger partial charge is 0.271 e. The van der Waals surface area contributed by atoms with Crippen molar-refractivity contribution in [1.82, 2.24) is 0 Å². The Morgan fingerprint density at radius 1 is 0.793 bits per heavy atom. The number of nitrogens with zero attached hydrogens (tertiary/aromatic N) is 1. The number of hydrogen-bond acceptors (Lipinski definition) is 3. The van der Waals surface area contributed by atoms with E-state index in [0.29, 0.717) is 5.75 Å². The third-order valence-corrected chi connectivity index (χ3v) is 5.56. The van der Waals surface area contributed by atoms with Crippen LogP contribution in [0.3, 0.4) is 0 Å². The molecule has 2 atom stereocenters. The third-order valence-electron chi connectivity index (χ3n) is 5.56. The Morgan fingerprint density at radius 2 is 1.45 bits per heavy atom. The van der Waals surface area contributed by atoms with Crippen LogP contribution in [0.15, 0.2) is 66.7 Å². The fraction of sp³-hybridized carbons (Fsp3) is 0.240. The Labute approximate surface area is 171 Å². The summed E-state index contributed by atoms with van der Waals surface area (Å²) in [6, 6.07) is 21.6. The molecule has 0 bridgehead atoms. The molecule has 3 aromatic rings. The highest BCUT2D eigenvalue weighted by Crippen LogP contribution is 2.42. The number of ether oxygens (including phenoxy) is 2. The Balaban J connectivity index is 1.67. The van der Waals surface area contributed by atoms with Crippen molar-refractivity contribution in [2.45, 2.75) is 32.9 Å². The Hall–Kier alpha value is -3.27. The number of amides is 1. The van der Waals surface area contributed by atoms with Crippen molar-refractivity contribution in [2.75, 3.05) is 12.0 Å². The van der Waals surface area contributed by atoms with Gasteiger partial charge in [0.15, 0.2) is 0 Å². The monoisotopic (exact) mass is 387 g/mol. The molecule has 0 N–H and O–H groups in total. The van der Waals surface area contributed by atoms with Gasteiger partial charge in [0.2, 0.25) is 6.10 Å². The van der Waals surface area contributed by atoms with E-state index < -0.39 is 6.10 Å². The second-order valence-electron chi connectivity index (χ2n) is 7.55. The predicted octanol–water partition coefficient (Wildman–Crippen LogP) is 5.16. The van der Waals surface area contributed by atoms with Crippen LogP contribution in [-0.2, 0) is 4.79 Å². The standard InChI is InChI=1S/C25H25NO3/c1-16-5-8-19(9-6-16)23-24(29-22-13-11-21(28-4)12-14-22)25(27)26(23)20-10-7-17(2)18(3)15-20/h5-15,23-24H,1-4H3/t23-,24+/m1/s1. The van der Waals surface area contributed by atoms with Crippen LogP contribution in [-0.4, -0.2) is 19.1 Å². The molecule has 1 amide bonds. The minimum Gasteiger partial charge on any atom is -0.497 e. The van der Waals surface area contributed by atoms with Crippen LogP contribution < -0.4 is 14.4 Å². The van der Waals surface area contributed by atoms with Crippen LogP contribution in [0.1, 0.15) is 28.3 Å². The van der Waals surface area contributed by atoms with Gasteiger partial charge in [0.05, 0.1) is 7.11 Å². The van der Waals surface area contributed by atoms with E-state index in [1.54, 1.807) is 7.11 Å². The van der Waals surface area contributed by atoms with E-state index in [-0.39, 0.29) is 11.9 Å². The summed E-state index contributed by atoms with van der Waals surface area (Å²) in [5.41, 5.74) is 5.52. The van der Waals surface area contributed by atoms with E-state index >= 15 is 0 Å². The Morgan fingerprint density at radius 3 is 2.07 bits per heavy atom. The molecule has 29 heavy (non-hydrogen) atoms. The lowest BCUT2D eigenvalue weighted by atomic mass is 9.89. The van der Waals surface area contributed by atoms with Crippen molar-refractivity contribution in [3.63, 3.8) is 0 Å². The van der Waals surface area contributed by atoms with Gasteiger partial charge in [-0.1, -0.05) is 35.9 Å². The second kappa shape index (κ2) is 7.63. The zero-order valence-electron chi connectivity index (χ0n) is 17.2. The van der Waals surface area contributed by atoms with Crippen molar-refractivity contribution >= 4 is 11.6 Å². The molecule has 1 saturated heterocycles. The molecule has 4 nitrogen and oxygen atoms in total. The molecule has 148 valence electrons. The normalized spacial score (nSPS) is 18.3. The Bertz CT molecular complexity index is 1020. The number of carbonyl (C=O) groups excluding carboxylic acids is 1. The van der Waals surface area contributed by atoms with Crippen LogP contribution in [0.25, 0.3) is 0 Å². The van der Waals surface area contributed by atoms with E-state index in [2.05, 4.69) is 57.2 Å². The molecule has 1 aliphatic heterocycles. The Kier molecular flexibility index (Phi) is 5.01. The average molecular weight is 387 g/mol. The summed E-state index contributed by atoms with van der Waals surface area (Å²) in [7, 11) is 1.63. The number of anilines is 1. The second-order valence-corrected chi connectivity index (χ2v) is 7.55. The lowest BCUT2D eigenvalue weighted by Gasteiger charge is -2.46. The first kappa shape index (κ1) is 19.1. The quantitative estimate of drug-likeness (QED) is 0.568. The number of methoxy groups -OCH3 is 1. The van der Waals surface area contributed by atoms with Gasteiger partial charge >= 0.3 is 0 Å². The number of carbonyl (C=O) groups is 1. The lowest BCUT2D eigenvalue weighted by Crippen LogP contribution is -2.61. The van der Waals surface area contributed by atoms with Gasteiger partial charge in [0.1, 0.15) is 17.5 Å². The molecule has 1 heterocycles. The summed E-state index contributed by atoms with van der Waals surface area (Å²) in [6.07, 6.45) is -0.562. The van der Waals surface area contributed by atoms with E-state index in [1.165, 1.54) is 11.1 Å². The van der Waals surface area contributed by atoms with E-state index in [0.717, 1.165) is 22.6 Å². The van der Waals surface area contributed by atoms with Gasteiger partial charge in [-0.3, -0.25) is 9.69 Å². The maximum absolute atomic E-state index is 13.1. The van der Waals surface area contributed by atoms with E-state index in [4.69, 9.17) is 9.47 Å². The molecule has 0 aliphatic carbocycles. The fourth-order valence-electron chi connectivity index (χ4n) is 3.63. The van der Waals surface area contributed by atoms with Gasteiger partial charge in [-0.25, -0.2) is 0 Å². The summed E-state index contributed by atoms with van der Waals surface area (Å²) in [5.74, 6) is 1.37. The van der Waals surface area contributed by atoms with Gasteiger partial charge in [-0.15, -0.1) is 0 Å². The van der Waals surface area contributed by atoms with Crippen molar-refractivity contribution in [1.29, 1.82) is 0 Å². The first-order valence-electron chi connectivity index (χ1n) is 9.75. The molecule has 1 aliphatic rings. The number of hydrogen-bond donors (Lipinski definition) is 0. The molecule has 0 unspecified atom stereocenters. The average Bonchev–Trinajstić information content (AvgIpc) is 2.73. The summed E-state index contributed by atoms with van der Waals surface area (Å²) in [5, 5.41) is 0. The predicted molar refractivity (Wildman–Crippen MR) is 115 cm³/mol. The summed E-state index contributed by atoms with van der Waals surface area (Å²) in [4.78, 5) is 15.0. The first-order valence-corrected chi connectivity index (χ1v) is 9.75. The molecule has 1 fully saturated rings. The molecule has 4 heteroatoms. The topological polar surface area (TPSA) is 38.8 Å². The highest BCUT2D eigenvalue weighted by atomic mass is 16.5. The minimum atomic E-state index is -0.562. The largest absolute Gasteiger partial charge is 0.497 e. The van der Waals surface area contributed by atoms with Gasteiger partial charge in [0.25, 0.3) is 5.91 Å². The zero-order chi connectivity index (χ0) is 20.5. The molecule has 3 aromatic carbocycles. The number of β-lactam (4-membered cyclic amide) rings is 1. The lowest BCUT2D eigenvalue weighted by molar-refractivity contribution is -0.135. The zero-order valence-corrected chi connectivity index (χ0v) is 17.2. The maximum Gasteiger partial charge on any atom is 0.271 e. The van der Waals surface area contributed by atoms with Gasteiger partial charge in [-0.05, 0) is 73.9 Å². The fourth-order valence-corrected chi connectivity index (χ4v) is 3.63. The number of benzene rings is 3. The third kappa shape index (κ3) is 3.58. The molecule has 0 aromatic heterocycles. The molecule has 0 radical (unpaired) electrons. The van der Waals surface area contributed by atoms with Crippen LogP contribution in [0.2, 0.25) is 0 Å². The summed E-state index contributed by atoms with van der Waals surface area (Å²) < 4.78 is 11.3. The van der Waals surface area contributed by atoms with Crippen LogP contribution in [0, 0.1) is 20.8 Å². The minimum absolute atomic E-state index is 0.0327. The molecular weight excluding hydrogens is 362 g/mol. The van der Waals surface area contributed by atoms with Crippen molar-refractivity contribution in [3.8, 4) is 11.5 Å². The SMILES string of the molecule is COc1ccc(O[C@@H]2C(=O)N(c3ccc(C)c(C)c3)[C@@H]2c2ccc(C)cc2)cc1. The van der Waals surface area contributed by atoms with E-state index in [9.17, 15) is 4.79 Å².